The summed E-state index contributed by atoms with van der Waals surface area (Å²) in [4.78, 5) is 36.1. The maximum Gasteiger partial charge on any atom is 0.310 e. The molecule has 4 atom stereocenters. The predicted octanol–water partition coefficient (Wildman–Crippen LogP) is 1.43. The van der Waals surface area contributed by atoms with Crippen molar-refractivity contribution in [1.29, 1.82) is 0 Å². The minimum Gasteiger partial charge on any atom is -0.484 e. The second kappa shape index (κ2) is 6.82. The number of aliphatic carboxylic acids is 1. The van der Waals surface area contributed by atoms with Crippen LogP contribution in [0, 0.1) is 30.1 Å². The monoisotopic (exact) mass is 358 g/mol. The lowest BCUT2D eigenvalue weighted by Gasteiger charge is -2.33. The van der Waals surface area contributed by atoms with Crippen molar-refractivity contribution in [3.63, 3.8) is 0 Å². The van der Waals surface area contributed by atoms with Gasteiger partial charge in [0.1, 0.15) is 5.75 Å². The fraction of sp³-hybridized carbons (Fsp3) is 0.421. The van der Waals surface area contributed by atoms with Crippen LogP contribution in [0.3, 0.4) is 0 Å². The zero-order valence-corrected chi connectivity index (χ0v) is 14.7. The van der Waals surface area contributed by atoms with E-state index in [4.69, 9.17) is 4.74 Å². The molecular weight excluding hydrogens is 336 g/mol. The number of hydrogen-bond donors (Lipinski definition) is 3. The first-order chi connectivity index (χ1) is 12.3. The third-order valence-corrected chi connectivity index (χ3v) is 5.42. The Labute approximate surface area is 151 Å². The molecule has 0 saturated heterocycles. The number of hydrogen-bond acceptors (Lipinski definition) is 4. The molecule has 4 unspecified atom stereocenters. The molecule has 7 heteroatoms. The molecule has 3 rings (SSSR count). The number of rotatable bonds is 5. The molecule has 7 nitrogen and oxygen atoms in total. The van der Waals surface area contributed by atoms with E-state index in [0.29, 0.717) is 12.2 Å². The highest BCUT2D eigenvalue weighted by Crippen LogP contribution is 2.56. The first-order valence-electron chi connectivity index (χ1n) is 8.52. The van der Waals surface area contributed by atoms with E-state index >= 15 is 0 Å². The van der Waals surface area contributed by atoms with Crippen molar-refractivity contribution < 1.29 is 24.2 Å². The van der Waals surface area contributed by atoms with E-state index in [1.165, 1.54) is 0 Å². The molecular formula is C19H22N2O5. The largest absolute Gasteiger partial charge is 0.484 e. The fourth-order valence-corrected chi connectivity index (χ4v) is 3.88. The molecule has 26 heavy (non-hydrogen) atoms. The standard InChI is InChI=1S/C19H22N2O5/c1-11-3-7-14(8-4-11)26-10-15(22)20-21-17(23)16-12-5-6-13(9-12)19(16,2)18(24)25/h3-8,12-13,16H,9-10H2,1-2H3,(H,20,22)(H,21,23)(H,24,25). The molecule has 2 bridgehead atoms. The van der Waals surface area contributed by atoms with E-state index in [2.05, 4.69) is 10.9 Å². The summed E-state index contributed by atoms with van der Waals surface area (Å²) in [5, 5.41) is 9.60. The molecule has 3 N–H and O–H groups in total. The van der Waals surface area contributed by atoms with Crippen LogP contribution in [0.1, 0.15) is 18.9 Å². The lowest BCUT2D eigenvalue weighted by Crippen LogP contribution is -2.52. The summed E-state index contributed by atoms with van der Waals surface area (Å²) in [6.07, 6.45) is 4.41. The maximum atomic E-state index is 12.5. The summed E-state index contributed by atoms with van der Waals surface area (Å²) in [6, 6.07) is 7.23. The van der Waals surface area contributed by atoms with Gasteiger partial charge in [0.2, 0.25) is 5.91 Å². The number of allylic oxidation sites excluding steroid dienone is 2. The predicted molar refractivity (Wildman–Crippen MR) is 92.9 cm³/mol. The van der Waals surface area contributed by atoms with Gasteiger partial charge < -0.3 is 9.84 Å². The van der Waals surface area contributed by atoms with Gasteiger partial charge in [0.15, 0.2) is 6.61 Å². The third-order valence-electron chi connectivity index (χ3n) is 5.42. The number of carboxylic acids is 1. The number of carbonyl (C=O) groups excluding carboxylic acids is 2. The Morgan fingerprint density at radius 1 is 1.19 bits per heavy atom. The zero-order chi connectivity index (χ0) is 18.9. The topological polar surface area (TPSA) is 105 Å². The van der Waals surface area contributed by atoms with Gasteiger partial charge in [-0.25, -0.2) is 0 Å². The van der Waals surface area contributed by atoms with Gasteiger partial charge in [0.05, 0.1) is 11.3 Å². The van der Waals surface area contributed by atoms with Crippen LogP contribution in [0.25, 0.3) is 0 Å². The molecule has 2 aliphatic carbocycles. The summed E-state index contributed by atoms with van der Waals surface area (Å²) in [5.74, 6) is -2.46. The van der Waals surface area contributed by atoms with Gasteiger partial charge in [0, 0.05) is 0 Å². The smallest absolute Gasteiger partial charge is 0.310 e. The van der Waals surface area contributed by atoms with Crippen molar-refractivity contribution in [2.45, 2.75) is 20.3 Å². The summed E-state index contributed by atoms with van der Waals surface area (Å²) in [5.41, 5.74) is 4.56. The third kappa shape index (κ3) is 3.16. The van der Waals surface area contributed by atoms with Gasteiger partial charge in [-0.2, -0.15) is 0 Å². The summed E-state index contributed by atoms with van der Waals surface area (Å²) in [6.45, 7) is 3.29. The Hall–Kier alpha value is -2.83. The number of ether oxygens (including phenoxy) is 1. The highest BCUT2D eigenvalue weighted by Gasteiger charge is 2.60. The first kappa shape index (κ1) is 18.0. The van der Waals surface area contributed by atoms with Crippen LogP contribution in [0.4, 0.5) is 0 Å². The minimum absolute atomic E-state index is 0.123. The molecule has 1 aromatic carbocycles. The molecule has 2 amide bonds. The SMILES string of the molecule is Cc1ccc(OCC(=O)NNC(=O)C2C3C=CC(C3)C2(C)C(=O)O)cc1. The van der Waals surface area contributed by atoms with E-state index in [1.54, 1.807) is 19.1 Å². The molecule has 0 heterocycles. The zero-order valence-electron chi connectivity index (χ0n) is 14.7. The molecule has 0 aromatic heterocycles. The molecule has 1 fully saturated rings. The number of amides is 2. The number of hydrazine groups is 1. The molecule has 1 saturated carbocycles. The summed E-state index contributed by atoms with van der Waals surface area (Å²) >= 11 is 0. The molecule has 2 aliphatic rings. The number of aryl methyl sites for hydroxylation is 1. The Morgan fingerprint density at radius 3 is 2.54 bits per heavy atom. The Kier molecular flexibility index (Phi) is 4.71. The van der Waals surface area contributed by atoms with Crippen LogP contribution in [0.5, 0.6) is 5.75 Å². The van der Waals surface area contributed by atoms with Crippen LogP contribution < -0.4 is 15.6 Å². The van der Waals surface area contributed by atoms with Gasteiger partial charge >= 0.3 is 5.97 Å². The molecule has 0 radical (unpaired) electrons. The van der Waals surface area contributed by atoms with Gasteiger partial charge in [-0.3, -0.25) is 25.2 Å². The normalized spacial score (nSPS) is 28.6. The van der Waals surface area contributed by atoms with E-state index in [0.717, 1.165) is 5.56 Å². The molecule has 0 spiro atoms. The second-order valence-electron chi connectivity index (χ2n) is 7.10. The Balaban J connectivity index is 1.53. The van der Waals surface area contributed by atoms with E-state index in [1.807, 2.05) is 31.2 Å². The van der Waals surface area contributed by atoms with E-state index < -0.39 is 29.1 Å². The number of benzene rings is 1. The molecule has 138 valence electrons. The van der Waals surface area contributed by atoms with Crippen LogP contribution in [0.15, 0.2) is 36.4 Å². The van der Waals surface area contributed by atoms with Crippen molar-refractivity contribution in [3.8, 4) is 5.75 Å². The summed E-state index contributed by atoms with van der Waals surface area (Å²) < 4.78 is 5.34. The summed E-state index contributed by atoms with van der Waals surface area (Å²) in [7, 11) is 0. The number of nitrogens with one attached hydrogen (secondary N) is 2. The van der Waals surface area contributed by atoms with Crippen molar-refractivity contribution in [3.05, 3.63) is 42.0 Å². The van der Waals surface area contributed by atoms with Gasteiger partial charge in [-0.15, -0.1) is 0 Å². The number of fused-ring (bicyclic) bond motifs is 2. The van der Waals surface area contributed by atoms with Gasteiger partial charge in [-0.05, 0) is 44.2 Å². The highest BCUT2D eigenvalue weighted by atomic mass is 16.5. The lowest BCUT2D eigenvalue weighted by molar-refractivity contribution is -0.156. The molecule has 1 aromatic rings. The maximum absolute atomic E-state index is 12.5. The van der Waals surface area contributed by atoms with Crippen LogP contribution >= 0.6 is 0 Å². The van der Waals surface area contributed by atoms with E-state index in [9.17, 15) is 19.5 Å². The van der Waals surface area contributed by atoms with Crippen LogP contribution in [-0.2, 0) is 14.4 Å². The van der Waals surface area contributed by atoms with Gasteiger partial charge in [-0.1, -0.05) is 29.8 Å². The average Bonchev–Trinajstić information content (AvgIpc) is 3.19. The van der Waals surface area contributed by atoms with Gasteiger partial charge in [0.25, 0.3) is 5.91 Å². The van der Waals surface area contributed by atoms with Crippen molar-refractivity contribution in [2.75, 3.05) is 6.61 Å². The fourth-order valence-electron chi connectivity index (χ4n) is 3.88. The first-order valence-corrected chi connectivity index (χ1v) is 8.52. The average molecular weight is 358 g/mol. The molecule has 0 aliphatic heterocycles. The van der Waals surface area contributed by atoms with Crippen LogP contribution in [-0.4, -0.2) is 29.5 Å². The van der Waals surface area contributed by atoms with E-state index in [-0.39, 0.29) is 18.4 Å². The van der Waals surface area contributed by atoms with Crippen molar-refractivity contribution in [1.82, 2.24) is 10.9 Å². The Morgan fingerprint density at radius 2 is 1.88 bits per heavy atom. The highest BCUT2D eigenvalue weighted by molar-refractivity contribution is 5.90. The Bertz CT molecular complexity index is 758. The number of carboxylic acid groups (broad SMARTS) is 1. The number of carbonyl (C=O) groups is 3. The lowest BCUT2D eigenvalue weighted by atomic mass is 9.69. The second-order valence-corrected chi connectivity index (χ2v) is 7.10. The van der Waals surface area contributed by atoms with Crippen molar-refractivity contribution in [2.24, 2.45) is 23.2 Å². The van der Waals surface area contributed by atoms with Crippen LogP contribution in [0.2, 0.25) is 0 Å². The van der Waals surface area contributed by atoms with Crippen molar-refractivity contribution >= 4 is 17.8 Å². The minimum atomic E-state index is -1.16. The quantitative estimate of drug-likeness (QED) is 0.546.